The molecule has 0 unspecified atom stereocenters. The Balaban J connectivity index is 1.31. The number of nitrogens with zero attached hydrogens (tertiary/aromatic N) is 8. The fourth-order valence-electron chi connectivity index (χ4n) is 5.83. The minimum atomic E-state index is -1.25. The topological polar surface area (TPSA) is 137 Å². The molecule has 0 radical (unpaired) electrons. The maximum absolute atomic E-state index is 15.0. The SMILES string of the molecule is COC(=O)c1nc(N(CCN(C)C)c2cc(C)c(/N=c3\sc4ccccc4n3COCC[Si](C)(C)C)nn2)sc1CCCOc1ccc(C#CCN(C)C(=O)OC(C)(C)C)cc1F. The first-order valence-corrected chi connectivity index (χ1v) is 26.1. The fraction of sp³-hybridized carbons (Fsp3) is 0.467. The first-order valence-electron chi connectivity index (χ1n) is 20.7. The molecule has 3 heterocycles. The number of likely N-dealkylation sites (N-methyl/N-ethyl adjacent to an activating group) is 1. The van der Waals surface area contributed by atoms with Crippen molar-refractivity contribution in [1.82, 2.24) is 29.5 Å². The molecule has 0 aliphatic heterocycles. The van der Waals surface area contributed by atoms with Crippen LogP contribution in [0.25, 0.3) is 10.2 Å². The van der Waals surface area contributed by atoms with Crippen molar-refractivity contribution < 1.29 is 32.9 Å². The molecule has 0 atom stereocenters. The number of anilines is 2. The number of halogens is 1. The van der Waals surface area contributed by atoms with E-state index in [1.165, 1.54) is 35.5 Å². The molecule has 3 aromatic heterocycles. The third kappa shape index (κ3) is 14.4. The number of aromatic nitrogens is 4. The monoisotopic (exact) mass is 918 g/mol. The second kappa shape index (κ2) is 21.9. The van der Waals surface area contributed by atoms with Gasteiger partial charge in [0.2, 0.25) is 0 Å². The van der Waals surface area contributed by atoms with E-state index in [4.69, 9.17) is 28.9 Å². The Morgan fingerprint density at radius 2 is 1.76 bits per heavy atom. The quantitative estimate of drug-likeness (QED) is 0.0362. The summed E-state index contributed by atoms with van der Waals surface area (Å²) in [5.41, 5.74) is 1.90. The number of fused-ring (bicyclic) bond motifs is 1. The molecule has 0 aliphatic carbocycles. The van der Waals surface area contributed by atoms with Crippen molar-refractivity contribution in [3.63, 3.8) is 0 Å². The number of esters is 1. The van der Waals surface area contributed by atoms with Crippen molar-refractivity contribution in [2.75, 3.05) is 66.0 Å². The van der Waals surface area contributed by atoms with E-state index < -0.39 is 31.6 Å². The minimum Gasteiger partial charge on any atom is -0.491 e. The number of aryl methyl sites for hydroxylation is 2. The third-order valence-electron chi connectivity index (χ3n) is 9.29. The van der Waals surface area contributed by atoms with E-state index in [1.807, 2.05) is 44.1 Å². The van der Waals surface area contributed by atoms with Crippen LogP contribution in [0.3, 0.4) is 0 Å². The van der Waals surface area contributed by atoms with E-state index in [0.717, 1.165) is 26.6 Å². The Kier molecular flexibility index (Phi) is 17.0. The summed E-state index contributed by atoms with van der Waals surface area (Å²) in [6.45, 7) is 16.9. The van der Waals surface area contributed by atoms with E-state index >= 15 is 4.39 Å². The van der Waals surface area contributed by atoms with Gasteiger partial charge in [0.1, 0.15) is 12.3 Å². The zero-order valence-electron chi connectivity index (χ0n) is 38.2. The molecule has 5 aromatic rings. The Hall–Kier alpha value is -5.19. The van der Waals surface area contributed by atoms with E-state index in [-0.39, 0.29) is 24.6 Å². The number of hydrogen-bond acceptors (Lipinski definition) is 14. The van der Waals surface area contributed by atoms with Gasteiger partial charge in [-0.15, -0.1) is 21.5 Å². The lowest BCUT2D eigenvalue weighted by Gasteiger charge is -2.23. The Morgan fingerprint density at radius 3 is 2.44 bits per heavy atom. The summed E-state index contributed by atoms with van der Waals surface area (Å²) in [5.74, 6) is 5.76. The molecule has 0 aliphatic rings. The number of hydrogen-bond donors (Lipinski definition) is 0. The first-order chi connectivity index (χ1) is 29.8. The molecule has 0 saturated heterocycles. The summed E-state index contributed by atoms with van der Waals surface area (Å²) in [6, 6.07) is 15.7. The minimum absolute atomic E-state index is 0.0801. The van der Waals surface area contributed by atoms with Crippen LogP contribution in [-0.4, -0.2) is 116 Å². The molecule has 5 rings (SSSR count). The largest absolute Gasteiger partial charge is 0.491 e. The van der Waals surface area contributed by atoms with Gasteiger partial charge in [-0.05, 0) is 103 Å². The van der Waals surface area contributed by atoms with Gasteiger partial charge in [-0.2, -0.15) is 4.99 Å². The average molecular weight is 919 g/mol. The summed E-state index contributed by atoms with van der Waals surface area (Å²) < 4.78 is 40.6. The number of carbonyl (C=O) groups is 2. The molecule has 63 heavy (non-hydrogen) atoms. The van der Waals surface area contributed by atoms with E-state index in [2.05, 4.69) is 63.3 Å². The number of para-hydroxylation sites is 1. The van der Waals surface area contributed by atoms with Gasteiger partial charge in [-0.25, -0.2) is 19.0 Å². The third-order valence-corrected chi connectivity index (χ3v) is 13.2. The van der Waals surface area contributed by atoms with E-state index in [0.29, 0.717) is 66.5 Å². The standard InChI is InChI=1S/C45H59FN8O6S2Si/c1-31-28-38(49-50-40(31)48-43-54(30-58-26-27-63(9,10)11)34-17-12-13-18-36(34)61-43)53(24-23-51(5)6)42-47-39(41(55)57-8)37(62-42)19-15-25-59-35-21-20-32(29-33(35)46)16-14-22-52(7)44(56)60-45(2,3)4/h12-13,17-18,20-21,28-29H,15,19,22-27,30H2,1-11H3/b48-43-. The van der Waals surface area contributed by atoms with Crippen molar-refractivity contribution in [3.8, 4) is 17.6 Å². The molecule has 2 aromatic carbocycles. The summed E-state index contributed by atoms with van der Waals surface area (Å²) >= 11 is 2.94. The maximum atomic E-state index is 15.0. The smallest absolute Gasteiger partial charge is 0.410 e. The van der Waals surface area contributed by atoms with Crippen LogP contribution in [-0.2, 0) is 27.4 Å². The molecule has 14 nitrogen and oxygen atoms in total. The molecular weight excluding hydrogens is 860 g/mol. The highest BCUT2D eigenvalue weighted by Gasteiger charge is 2.25. The highest BCUT2D eigenvalue weighted by Crippen LogP contribution is 2.33. The number of amides is 1. The van der Waals surface area contributed by atoms with Crippen molar-refractivity contribution in [2.24, 2.45) is 4.99 Å². The number of rotatable bonds is 18. The fourth-order valence-corrected chi connectivity index (χ4v) is 8.73. The van der Waals surface area contributed by atoms with Crippen LogP contribution in [0.15, 0.2) is 53.5 Å². The lowest BCUT2D eigenvalue weighted by molar-refractivity contribution is 0.0320. The summed E-state index contributed by atoms with van der Waals surface area (Å²) in [4.78, 5) is 41.8. The van der Waals surface area contributed by atoms with Crippen LogP contribution in [0, 0.1) is 24.6 Å². The predicted octanol–water partition coefficient (Wildman–Crippen LogP) is 8.66. The number of thiazole rings is 2. The van der Waals surface area contributed by atoms with Crippen molar-refractivity contribution in [2.45, 2.75) is 78.6 Å². The van der Waals surface area contributed by atoms with Crippen LogP contribution >= 0.6 is 22.7 Å². The lowest BCUT2D eigenvalue weighted by atomic mass is 10.2. The van der Waals surface area contributed by atoms with E-state index in [1.54, 1.807) is 45.2 Å². The predicted molar refractivity (Wildman–Crippen MR) is 251 cm³/mol. The molecule has 0 fully saturated rings. The summed E-state index contributed by atoms with van der Waals surface area (Å²) in [7, 11) is 5.63. The van der Waals surface area contributed by atoms with Gasteiger partial charge in [-0.1, -0.05) is 55.0 Å². The average Bonchev–Trinajstić information content (AvgIpc) is 3.79. The second-order valence-electron chi connectivity index (χ2n) is 17.4. The van der Waals surface area contributed by atoms with E-state index in [9.17, 15) is 9.59 Å². The second-order valence-corrected chi connectivity index (χ2v) is 25.1. The van der Waals surface area contributed by atoms with Crippen molar-refractivity contribution in [1.29, 1.82) is 0 Å². The van der Waals surface area contributed by atoms with Crippen LogP contribution < -0.4 is 14.4 Å². The van der Waals surface area contributed by atoms with Gasteiger partial charge >= 0.3 is 12.1 Å². The number of benzene rings is 2. The number of carbonyl (C=O) groups excluding carboxylic acids is 2. The molecule has 18 heteroatoms. The van der Waals surface area contributed by atoms with Gasteiger partial charge in [0.15, 0.2) is 38.8 Å². The summed E-state index contributed by atoms with van der Waals surface area (Å²) in [5, 5.41) is 9.81. The molecular formula is C45H59FN8O6S2Si. The molecule has 1 amide bonds. The van der Waals surface area contributed by atoms with Crippen LogP contribution in [0.2, 0.25) is 25.7 Å². The number of methoxy groups -OCH3 is 1. The highest BCUT2D eigenvalue weighted by atomic mass is 32.1. The summed E-state index contributed by atoms with van der Waals surface area (Å²) in [6.07, 6.45) is 0.409. The van der Waals surface area contributed by atoms with Crippen LogP contribution in [0.5, 0.6) is 5.75 Å². The van der Waals surface area contributed by atoms with Gasteiger partial charge in [0.05, 0.1) is 30.5 Å². The molecule has 0 saturated carbocycles. The molecule has 338 valence electrons. The molecule has 0 bridgehead atoms. The normalized spacial score (nSPS) is 12.0. The maximum Gasteiger partial charge on any atom is 0.410 e. The van der Waals surface area contributed by atoms with Gasteiger partial charge in [0, 0.05) is 45.3 Å². The number of ether oxygens (including phenoxy) is 4. The lowest BCUT2D eigenvalue weighted by Crippen LogP contribution is -2.34. The van der Waals surface area contributed by atoms with Gasteiger partial charge in [0.25, 0.3) is 0 Å². The zero-order valence-corrected chi connectivity index (χ0v) is 40.8. The Bertz CT molecular complexity index is 2500. The first kappa shape index (κ1) is 48.8. The molecule has 0 spiro atoms. The Labute approximate surface area is 378 Å². The molecule has 0 N–H and O–H groups in total. The van der Waals surface area contributed by atoms with Gasteiger partial charge in [-0.3, -0.25) is 9.47 Å². The van der Waals surface area contributed by atoms with Crippen molar-refractivity contribution >= 4 is 69.8 Å². The van der Waals surface area contributed by atoms with Crippen LogP contribution in [0.4, 0.5) is 26.0 Å². The van der Waals surface area contributed by atoms with Crippen LogP contribution in [0.1, 0.15) is 53.7 Å². The highest BCUT2D eigenvalue weighted by molar-refractivity contribution is 7.16. The zero-order chi connectivity index (χ0) is 45.9. The van der Waals surface area contributed by atoms with Gasteiger partial charge < -0.3 is 28.7 Å². The van der Waals surface area contributed by atoms with Crippen molar-refractivity contribution in [3.05, 3.63) is 80.8 Å². The Morgan fingerprint density at radius 1 is 1.00 bits per heavy atom.